The average Bonchev–Trinajstić information content (AvgIpc) is 3.16. The van der Waals surface area contributed by atoms with Crippen LogP contribution in [0.3, 0.4) is 0 Å². The number of carbonyl (C=O) groups is 1. The molecule has 2 aromatic heterocycles. The van der Waals surface area contributed by atoms with E-state index in [0.717, 1.165) is 29.9 Å². The lowest BCUT2D eigenvalue weighted by Crippen LogP contribution is -2.42. The number of aryl methyl sites for hydroxylation is 1. The molecule has 2 aliphatic carbocycles. The first-order valence-corrected chi connectivity index (χ1v) is 8.70. The number of fused-ring (bicyclic) bond motifs is 2. The summed E-state index contributed by atoms with van der Waals surface area (Å²) < 4.78 is 1.75. The van der Waals surface area contributed by atoms with Crippen LogP contribution in [0.25, 0.3) is 11.3 Å². The first kappa shape index (κ1) is 15.4. The molecule has 0 aromatic carbocycles. The second-order valence-corrected chi connectivity index (χ2v) is 7.81. The second kappa shape index (κ2) is 5.16. The molecule has 5 heteroatoms. The van der Waals surface area contributed by atoms with Gasteiger partial charge in [-0.1, -0.05) is 13.8 Å². The molecule has 0 unspecified atom stereocenters. The number of anilines is 1. The van der Waals surface area contributed by atoms with Gasteiger partial charge in [-0.25, -0.2) is 0 Å². The van der Waals surface area contributed by atoms with Crippen molar-refractivity contribution < 1.29 is 4.79 Å². The van der Waals surface area contributed by atoms with Gasteiger partial charge in [0, 0.05) is 31.1 Å². The molecule has 0 atom stereocenters. The molecule has 0 radical (unpaired) electrons. The van der Waals surface area contributed by atoms with Gasteiger partial charge in [0.05, 0.1) is 11.1 Å². The molecule has 0 spiro atoms. The summed E-state index contributed by atoms with van der Waals surface area (Å²) in [4.78, 5) is 17.2. The molecular weight excluding hydrogens is 300 g/mol. The average molecular weight is 324 g/mol. The number of nitrogens with one attached hydrogen (secondary N) is 1. The Labute approximate surface area is 142 Å². The van der Waals surface area contributed by atoms with Gasteiger partial charge in [0.25, 0.3) is 0 Å². The van der Waals surface area contributed by atoms with Gasteiger partial charge in [-0.15, -0.1) is 0 Å². The van der Waals surface area contributed by atoms with Gasteiger partial charge in [0.1, 0.15) is 5.82 Å². The zero-order valence-electron chi connectivity index (χ0n) is 14.5. The van der Waals surface area contributed by atoms with Crippen LogP contribution in [0.4, 0.5) is 5.82 Å². The number of hydrogen-bond donors (Lipinski definition) is 1. The summed E-state index contributed by atoms with van der Waals surface area (Å²) in [6.07, 6.45) is 7.86. The van der Waals surface area contributed by atoms with E-state index in [9.17, 15) is 4.79 Å². The summed E-state index contributed by atoms with van der Waals surface area (Å²) in [5.41, 5.74) is 1.71. The molecule has 2 fully saturated rings. The fourth-order valence-electron chi connectivity index (χ4n) is 4.87. The minimum Gasteiger partial charge on any atom is -0.310 e. The van der Waals surface area contributed by atoms with Crippen LogP contribution < -0.4 is 5.32 Å². The van der Waals surface area contributed by atoms with Crippen LogP contribution in [0.15, 0.2) is 30.6 Å². The molecule has 5 nitrogen and oxygen atoms in total. The first-order valence-electron chi connectivity index (χ1n) is 8.70. The van der Waals surface area contributed by atoms with Crippen molar-refractivity contribution in [3.63, 3.8) is 0 Å². The van der Waals surface area contributed by atoms with Gasteiger partial charge < -0.3 is 5.32 Å². The lowest BCUT2D eigenvalue weighted by atomic mass is 9.68. The molecule has 2 heterocycles. The zero-order chi connectivity index (χ0) is 16.9. The number of carbonyl (C=O) groups excluding carboxylic acids is 1. The quantitative estimate of drug-likeness (QED) is 0.938. The van der Waals surface area contributed by atoms with Gasteiger partial charge in [0.15, 0.2) is 0 Å². The van der Waals surface area contributed by atoms with Gasteiger partial charge in [0.2, 0.25) is 5.91 Å². The maximum atomic E-state index is 13.1. The summed E-state index contributed by atoms with van der Waals surface area (Å²) in [6, 6.07) is 5.79. The molecule has 24 heavy (non-hydrogen) atoms. The second-order valence-electron chi connectivity index (χ2n) is 7.81. The molecule has 1 amide bonds. The molecule has 2 bridgehead atoms. The smallest absolute Gasteiger partial charge is 0.232 e. The predicted molar refractivity (Wildman–Crippen MR) is 93.2 cm³/mol. The van der Waals surface area contributed by atoms with Crippen LogP contribution >= 0.6 is 0 Å². The number of amides is 1. The van der Waals surface area contributed by atoms with E-state index in [1.54, 1.807) is 17.1 Å². The van der Waals surface area contributed by atoms with Crippen molar-refractivity contribution in [2.24, 2.45) is 23.8 Å². The molecule has 2 aromatic rings. The van der Waals surface area contributed by atoms with E-state index in [1.807, 2.05) is 25.2 Å². The maximum absolute atomic E-state index is 13.1. The van der Waals surface area contributed by atoms with Crippen molar-refractivity contribution in [2.45, 2.75) is 39.5 Å². The molecule has 2 aliphatic rings. The van der Waals surface area contributed by atoms with Crippen molar-refractivity contribution in [2.75, 3.05) is 5.32 Å². The monoisotopic (exact) mass is 324 g/mol. The normalized spacial score (nSPS) is 27.4. The van der Waals surface area contributed by atoms with Crippen LogP contribution in [0.1, 0.15) is 39.5 Å². The topological polar surface area (TPSA) is 59.8 Å². The minimum atomic E-state index is -0.223. The molecular formula is C19H24N4O. The van der Waals surface area contributed by atoms with Crippen molar-refractivity contribution in [1.29, 1.82) is 0 Å². The lowest BCUT2D eigenvalue weighted by Gasteiger charge is -2.36. The summed E-state index contributed by atoms with van der Waals surface area (Å²) in [5.74, 6) is 1.60. The first-order chi connectivity index (χ1) is 11.4. The van der Waals surface area contributed by atoms with Crippen LogP contribution in [-0.4, -0.2) is 20.7 Å². The third-order valence-electron chi connectivity index (χ3n) is 6.63. The Kier molecular flexibility index (Phi) is 3.31. The fraction of sp³-hybridized carbons (Fsp3) is 0.526. The molecule has 0 saturated heterocycles. The summed E-state index contributed by atoms with van der Waals surface area (Å²) in [6.45, 7) is 4.53. The molecule has 2 saturated carbocycles. The van der Waals surface area contributed by atoms with Crippen molar-refractivity contribution in [1.82, 2.24) is 14.8 Å². The lowest BCUT2D eigenvalue weighted by molar-refractivity contribution is -0.129. The number of pyridine rings is 1. The Balaban J connectivity index is 1.60. The number of nitrogens with zero attached hydrogens (tertiary/aromatic N) is 3. The highest BCUT2D eigenvalue weighted by molar-refractivity contribution is 5.96. The van der Waals surface area contributed by atoms with Crippen LogP contribution in [0.5, 0.6) is 0 Å². The van der Waals surface area contributed by atoms with E-state index < -0.39 is 0 Å². The van der Waals surface area contributed by atoms with Gasteiger partial charge in [-0.2, -0.15) is 5.10 Å². The molecule has 126 valence electrons. The van der Waals surface area contributed by atoms with E-state index >= 15 is 0 Å². The van der Waals surface area contributed by atoms with E-state index in [1.165, 1.54) is 12.8 Å². The van der Waals surface area contributed by atoms with Gasteiger partial charge in [-0.05, 0) is 49.1 Å². The standard InChI is InChI=1S/C19H24N4O/c1-18(2)14-4-8-19(18,9-5-14)17(24)21-16-12-15(22-23(16)3)13-6-10-20-11-7-13/h6-7,10-12,14H,4-5,8-9H2,1-3H3,(H,21,24). The highest BCUT2D eigenvalue weighted by atomic mass is 16.2. The van der Waals surface area contributed by atoms with E-state index in [4.69, 9.17) is 0 Å². The molecule has 4 rings (SSSR count). The Morgan fingerprint density at radius 1 is 1.25 bits per heavy atom. The van der Waals surface area contributed by atoms with Gasteiger partial charge >= 0.3 is 0 Å². The highest BCUT2D eigenvalue weighted by Gasteiger charge is 2.62. The maximum Gasteiger partial charge on any atom is 0.232 e. The summed E-state index contributed by atoms with van der Waals surface area (Å²) in [5, 5.41) is 7.69. The number of rotatable bonds is 3. The molecule has 0 aliphatic heterocycles. The third kappa shape index (κ3) is 2.03. The number of hydrogen-bond acceptors (Lipinski definition) is 3. The Morgan fingerprint density at radius 3 is 2.50 bits per heavy atom. The van der Waals surface area contributed by atoms with Gasteiger partial charge in [-0.3, -0.25) is 14.5 Å². The van der Waals surface area contributed by atoms with E-state index in [-0.39, 0.29) is 16.7 Å². The van der Waals surface area contributed by atoms with Crippen molar-refractivity contribution in [3.8, 4) is 11.3 Å². The Hall–Kier alpha value is -2.17. The SMILES string of the molecule is Cn1nc(-c2ccncc2)cc1NC(=O)C12CCC(CC1)C2(C)C. The van der Waals surface area contributed by atoms with E-state index in [0.29, 0.717) is 5.92 Å². The largest absolute Gasteiger partial charge is 0.310 e. The van der Waals surface area contributed by atoms with Crippen molar-refractivity contribution in [3.05, 3.63) is 30.6 Å². The minimum absolute atomic E-state index is 0.0869. The van der Waals surface area contributed by atoms with E-state index in [2.05, 4.69) is 29.2 Å². The molecule has 1 N–H and O–H groups in total. The summed E-state index contributed by atoms with van der Waals surface area (Å²) in [7, 11) is 1.87. The fourth-order valence-corrected chi connectivity index (χ4v) is 4.87. The predicted octanol–water partition coefficient (Wildman–Crippen LogP) is 3.64. The van der Waals surface area contributed by atoms with Crippen LogP contribution in [0.2, 0.25) is 0 Å². The highest BCUT2D eigenvalue weighted by Crippen LogP contribution is 2.66. The Bertz CT molecular complexity index is 770. The Morgan fingerprint density at radius 2 is 1.92 bits per heavy atom. The van der Waals surface area contributed by atoms with Crippen LogP contribution in [-0.2, 0) is 11.8 Å². The summed E-state index contributed by atoms with van der Waals surface area (Å²) >= 11 is 0. The van der Waals surface area contributed by atoms with Crippen LogP contribution in [0, 0.1) is 16.7 Å². The number of aromatic nitrogens is 3. The van der Waals surface area contributed by atoms with Crippen molar-refractivity contribution >= 4 is 11.7 Å². The third-order valence-corrected chi connectivity index (χ3v) is 6.63. The zero-order valence-corrected chi connectivity index (χ0v) is 14.5.